The largest absolute Gasteiger partial charge is 0.348 e. The molecule has 1 heterocycles. The van der Waals surface area contributed by atoms with Gasteiger partial charge in [0.25, 0.3) is 0 Å². The van der Waals surface area contributed by atoms with E-state index in [2.05, 4.69) is 10.6 Å². The van der Waals surface area contributed by atoms with E-state index in [9.17, 15) is 18.0 Å². The molecular weight excluding hydrogens is 378 g/mol. The number of benzene rings is 1. The fourth-order valence-corrected chi connectivity index (χ4v) is 4.84. The van der Waals surface area contributed by atoms with Gasteiger partial charge in [0.05, 0.1) is 4.90 Å². The Hall–Kier alpha value is -1.64. The van der Waals surface area contributed by atoms with Crippen molar-refractivity contribution in [2.24, 2.45) is 0 Å². The number of amides is 2. The second-order valence-electron chi connectivity index (χ2n) is 6.12. The molecule has 9 heteroatoms. The van der Waals surface area contributed by atoms with Gasteiger partial charge < -0.3 is 10.6 Å². The van der Waals surface area contributed by atoms with Gasteiger partial charge in [0.2, 0.25) is 10.0 Å². The number of nitrogens with zero attached hydrogens (tertiary/aromatic N) is 1. The molecule has 1 aromatic carbocycles. The van der Waals surface area contributed by atoms with Crippen LogP contribution >= 0.6 is 11.6 Å². The minimum absolute atomic E-state index is 0.208. The number of rotatable bonds is 6. The van der Waals surface area contributed by atoms with Crippen LogP contribution in [0.25, 0.3) is 0 Å². The molecule has 26 heavy (non-hydrogen) atoms. The zero-order chi connectivity index (χ0) is 19.2. The first-order valence-electron chi connectivity index (χ1n) is 8.69. The standard InChI is InChI=1S/C17H24ClN3O4S/c1-2-19-16(22)17(23)20-11-10-14-5-3-4-12-21(14)26(24,25)15-8-6-13(18)7-9-15/h6-9,14H,2-5,10-12H2,1H3,(H,19,22)(H,20,23)/t14-/m1/s1. The van der Waals surface area contributed by atoms with E-state index >= 15 is 0 Å². The number of hydrogen-bond donors (Lipinski definition) is 2. The lowest BCUT2D eigenvalue weighted by Crippen LogP contribution is -2.46. The second-order valence-corrected chi connectivity index (χ2v) is 8.45. The van der Waals surface area contributed by atoms with Gasteiger partial charge in [-0.25, -0.2) is 8.42 Å². The Morgan fingerprint density at radius 1 is 1.15 bits per heavy atom. The van der Waals surface area contributed by atoms with Crippen molar-refractivity contribution < 1.29 is 18.0 Å². The predicted molar refractivity (Wildman–Crippen MR) is 99.3 cm³/mol. The van der Waals surface area contributed by atoms with Crippen molar-refractivity contribution >= 4 is 33.4 Å². The van der Waals surface area contributed by atoms with Gasteiger partial charge in [-0.15, -0.1) is 0 Å². The summed E-state index contributed by atoms with van der Waals surface area (Å²) in [6.45, 7) is 2.79. The Kier molecular flexibility index (Phi) is 7.43. The van der Waals surface area contributed by atoms with E-state index in [-0.39, 0.29) is 17.5 Å². The van der Waals surface area contributed by atoms with Gasteiger partial charge in [0, 0.05) is 30.7 Å². The highest BCUT2D eigenvalue weighted by molar-refractivity contribution is 7.89. The Bertz CT molecular complexity index is 737. The number of likely N-dealkylation sites (N-methyl/N-ethyl adjacent to an activating group) is 1. The van der Waals surface area contributed by atoms with Crippen LogP contribution in [0.15, 0.2) is 29.2 Å². The zero-order valence-electron chi connectivity index (χ0n) is 14.7. The molecule has 1 fully saturated rings. The summed E-state index contributed by atoms with van der Waals surface area (Å²) in [5.74, 6) is -1.38. The Balaban J connectivity index is 2.02. The molecule has 0 bridgehead atoms. The molecule has 2 rings (SSSR count). The minimum atomic E-state index is -3.62. The fraction of sp³-hybridized carbons (Fsp3) is 0.529. The molecule has 0 radical (unpaired) electrons. The van der Waals surface area contributed by atoms with Crippen LogP contribution in [0.4, 0.5) is 0 Å². The molecule has 0 spiro atoms. The Morgan fingerprint density at radius 2 is 1.81 bits per heavy atom. The van der Waals surface area contributed by atoms with Crippen LogP contribution in [0.5, 0.6) is 0 Å². The first-order valence-corrected chi connectivity index (χ1v) is 10.5. The number of carbonyl (C=O) groups excluding carboxylic acids is 2. The summed E-state index contributed by atoms with van der Waals surface area (Å²) < 4.78 is 27.4. The minimum Gasteiger partial charge on any atom is -0.348 e. The summed E-state index contributed by atoms with van der Waals surface area (Å²) in [6.07, 6.45) is 2.91. The monoisotopic (exact) mass is 401 g/mol. The number of halogens is 1. The van der Waals surface area contributed by atoms with Crippen LogP contribution in [-0.4, -0.2) is 50.2 Å². The lowest BCUT2D eigenvalue weighted by Gasteiger charge is -2.34. The summed E-state index contributed by atoms with van der Waals surface area (Å²) in [7, 11) is -3.62. The summed E-state index contributed by atoms with van der Waals surface area (Å²) in [6, 6.07) is 5.90. The molecule has 1 atom stereocenters. The van der Waals surface area contributed by atoms with E-state index in [0.29, 0.717) is 24.5 Å². The van der Waals surface area contributed by atoms with Crippen molar-refractivity contribution in [1.29, 1.82) is 0 Å². The van der Waals surface area contributed by atoms with Crippen molar-refractivity contribution in [2.75, 3.05) is 19.6 Å². The number of hydrogen-bond acceptors (Lipinski definition) is 4. The molecule has 1 aliphatic rings. The highest BCUT2D eigenvalue weighted by atomic mass is 35.5. The van der Waals surface area contributed by atoms with Crippen molar-refractivity contribution in [3.63, 3.8) is 0 Å². The average Bonchev–Trinajstić information content (AvgIpc) is 2.62. The van der Waals surface area contributed by atoms with Crippen molar-refractivity contribution in [3.05, 3.63) is 29.3 Å². The molecule has 1 saturated heterocycles. The first-order chi connectivity index (χ1) is 12.4. The third-order valence-corrected chi connectivity index (χ3v) is 6.52. The van der Waals surface area contributed by atoms with Crippen molar-refractivity contribution in [1.82, 2.24) is 14.9 Å². The van der Waals surface area contributed by atoms with Crippen LogP contribution < -0.4 is 10.6 Å². The Labute approximate surface area is 159 Å². The van der Waals surface area contributed by atoms with Gasteiger partial charge in [-0.2, -0.15) is 4.31 Å². The van der Waals surface area contributed by atoms with Gasteiger partial charge >= 0.3 is 11.8 Å². The zero-order valence-corrected chi connectivity index (χ0v) is 16.3. The molecule has 0 unspecified atom stereocenters. The van der Waals surface area contributed by atoms with E-state index < -0.39 is 21.8 Å². The van der Waals surface area contributed by atoms with E-state index in [1.165, 1.54) is 16.4 Å². The lowest BCUT2D eigenvalue weighted by molar-refractivity contribution is -0.139. The van der Waals surface area contributed by atoms with Crippen LogP contribution in [0.2, 0.25) is 5.02 Å². The first kappa shape index (κ1) is 20.7. The Morgan fingerprint density at radius 3 is 2.46 bits per heavy atom. The summed E-state index contributed by atoms with van der Waals surface area (Å²) in [4.78, 5) is 23.3. The lowest BCUT2D eigenvalue weighted by atomic mass is 10.0. The molecule has 7 nitrogen and oxygen atoms in total. The quantitative estimate of drug-likeness (QED) is 0.706. The maximum atomic E-state index is 12.9. The summed E-state index contributed by atoms with van der Waals surface area (Å²) in [5.41, 5.74) is 0. The van der Waals surface area contributed by atoms with Gasteiger partial charge in [-0.1, -0.05) is 18.0 Å². The molecule has 2 amide bonds. The maximum Gasteiger partial charge on any atom is 0.309 e. The molecule has 2 N–H and O–H groups in total. The fourth-order valence-electron chi connectivity index (χ4n) is 2.99. The van der Waals surface area contributed by atoms with Crippen LogP contribution in [-0.2, 0) is 19.6 Å². The van der Waals surface area contributed by atoms with Gasteiger partial charge in [0.1, 0.15) is 0 Å². The van der Waals surface area contributed by atoms with E-state index in [0.717, 1.165) is 19.3 Å². The van der Waals surface area contributed by atoms with Crippen LogP contribution in [0.1, 0.15) is 32.6 Å². The normalized spacial score (nSPS) is 18.3. The maximum absolute atomic E-state index is 12.9. The van der Waals surface area contributed by atoms with Gasteiger partial charge in [-0.05, 0) is 50.5 Å². The topological polar surface area (TPSA) is 95.6 Å². The van der Waals surface area contributed by atoms with E-state index in [1.54, 1.807) is 19.1 Å². The van der Waals surface area contributed by atoms with E-state index in [4.69, 9.17) is 11.6 Å². The molecule has 1 aromatic rings. The predicted octanol–water partition coefficient (Wildman–Crippen LogP) is 1.53. The third kappa shape index (κ3) is 5.18. The second kappa shape index (κ2) is 9.34. The highest BCUT2D eigenvalue weighted by Crippen LogP contribution is 2.27. The van der Waals surface area contributed by atoms with Crippen molar-refractivity contribution in [2.45, 2.75) is 43.5 Å². The highest BCUT2D eigenvalue weighted by Gasteiger charge is 2.33. The third-order valence-electron chi connectivity index (χ3n) is 4.30. The van der Waals surface area contributed by atoms with E-state index in [1.807, 2.05) is 0 Å². The SMILES string of the molecule is CCNC(=O)C(=O)NCC[C@H]1CCCCN1S(=O)(=O)c1ccc(Cl)cc1. The molecule has 0 aliphatic carbocycles. The van der Waals surface area contributed by atoms with Crippen LogP contribution in [0, 0.1) is 0 Å². The van der Waals surface area contributed by atoms with Crippen LogP contribution in [0.3, 0.4) is 0 Å². The van der Waals surface area contributed by atoms with Gasteiger partial charge in [-0.3, -0.25) is 9.59 Å². The smallest absolute Gasteiger partial charge is 0.309 e. The molecule has 144 valence electrons. The number of carbonyl (C=O) groups is 2. The number of sulfonamides is 1. The number of piperidine rings is 1. The van der Waals surface area contributed by atoms with Crippen molar-refractivity contribution in [3.8, 4) is 0 Å². The molecule has 0 aromatic heterocycles. The molecule has 0 saturated carbocycles. The molecule has 1 aliphatic heterocycles. The number of nitrogens with one attached hydrogen (secondary N) is 2. The molecular formula is C17H24ClN3O4S. The van der Waals surface area contributed by atoms with Gasteiger partial charge in [0.15, 0.2) is 0 Å². The summed E-state index contributed by atoms with van der Waals surface area (Å²) in [5, 5.41) is 5.45. The summed E-state index contributed by atoms with van der Waals surface area (Å²) >= 11 is 5.84. The average molecular weight is 402 g/mol.